The summed E-state index contributed by atoms with van der Waals surface area (Å²) in [5, 5.41) is 3.49. The molecule has 0 amide bonds. The van der Waals surface area contributed by atoms with E-state index < -0.39 is 0 Å². The van der Waals surface area contributed by atoms with E-state index in [-0.39, 0.29) is 0 Å². The van der Waals surface area contributed by atoms with Crippen LogP contribution in [0.3, 0.4) is 0 Å². The first kappa shape index (κ1) is 12.1. The number of methoxy groups -OCH3 is 1. The average Bonchev–Trinajstić information content (AvgIpc) is 2.26. The Kier molecular flexibility index (Phi) is 3.47. The molecule has 1 aliphatic rings. The van der Waals surface area contributed by atoms with Gasteiger partial charge in [0.1, 0.15) is 0 Å². The molecular weight excluding hydrogens is 216 g/mol. The maximum Gasteiger partial charge on any atom is 0.228 e. The van der Waals surface area contributed by atoms with Gasteiger partial charge in [-0.15, -0.1) is 0 Å². The Bertz CT molecular complexity index is 386. The molecule has 0 saturated carbocycles. The molecule has 1 saturated heterocycles. The Morgan fingerprint density at radius 2 is 1.94 bits per heavy atom. The van der Waals surface area contributed by atoms with Gasteiger partial charge in [0, 0.05) is 36.9 Å². The van der Waals surface area contributed by atoms with Gasteiger partial charge < -0.3 is 15.0 Å². The lowest BCUT2D eigenvalue weighted by atomic mass is 10.1. The van der Waals surface area contributed by atoms with E-state index in [0.29, 0.717) is 18.0 Å². The van der Waals surface area contributed by atoms with Gasteiger partial charge in [-0.05, 0) is 20.8 Å². The maximum atomic E-state index is 5.19. The molecule has 5 nitrogen and oxygen atoms in total. The standard InChI is InChI=1S/C12H20N4O/c1-8-5-11(17-4)15-12(14-8)16-6-9(2)13-10(3)7-16/h5,9-10,13H,6-7H2,1-4H3. The summed E-state index contributed by atoms with van der Waals surface area (Å²) in [6, 6.07) is 2.75. The van der Waals surface area contributed by atoms with Crippen LogP contribution in [0.2, 0.25) is 0 Å². The van der Waals surface area contributed by atoms with Crippen LogP contribution in [0.15, 0.2) is 6.07 Å². The van der Waals surface area contributed by atoms with Crippen molar-refractivity contribution in [3.8, 4) is 5.88 Å². The summed E-state index contributed by atoms with van der Waals surface area (Å²) in [4.78, 5) is 11.1. The van der Waals surface area contributed by atoms with E-state index in [2.05, 4.69) is 34.0 Å². The molecule has 1 N–H and O–H groups in total. The van der Waals surface area contributed by atoms with E-state index in [9.17, 15) is 0 Å². The predicted octanol–water partition coefficient (Wildman–Crippen LogP) is 0.980. The number of rotatable bonds is 2. The highest BCUT2D eigenvalue weighted by molar-refractivity contribution is 5.35. The minimum atomic E-state index is 0.453. The first-order valence-corrected chi connectivity index (χ1v) is 5.99. The van der Waals surface area contributed by atoms with Crippen molar-refractivity contribution in [3.63, 3.8) is 0 Å². The topological polar surface area (TPSA) is 50.3 Å². The van der Waals surface area contributed by atoms with Crippen molar-refractivity contribution in [1.29, 1.82) is 0 Å². The molecule has 0 spiro atoms. The smallest absolute Gasteiger partial charge is 0.228 e. The van der Waals surface area contributed by atoms with Gasteiger partial charge in [-0.3, -0.25) is 0 Å². The van der Waals surface area contributed by atoms with Gasteiger partial charge in [-0.25, -0.2) is 4.98 Å². The van der Waals surface area contributed by atoms with E-state index in [1.807, 2.05) is 13.0 Å². The normalized spacial score (nSPS) is 24.8. The molecule has 1 fully saturated rings. The van der Waals surface area contributed by atoms with Crippen LogP contribution in [-0.4, -0.2) is 42.3 Å². The minimum Gasteiger partial charge on any atom is -0.481 e. The second-order valence-corrected chi connectivity index (χ2v) is 4.73. The van der Waals surface area contributed by atoms with Crippen LogP contribution in [0.25, 0.3) is 0 Å². The summed E-state index contributed by atoms with van der Waals surface area (Å²) < 4.78 is 5.19. The zero-order valence-electron chi connectivity index (χ0n) is 10.9. The number of anilines is 1. The van der Waals surface area contributed by atoms with Crippen LogP contribution in [0.4, 0.5) is 5.95 Å². The van der Waals surface area contributed by atoms with Crippen molar-refractivity contribution in [3.05, 3.63) is 11.8 Å². The number of hydrogen-bond acceptors (Lipinski definition) is 5. The third kappa shape index (κ3) is 2.85. The summed E-state index contributed by atoms with van der Waals surface area (Å²) in [5.41, 5.74) is 0.936. The Hall–Kier alpha value is -1.36. The zero-order chi connectivity index (χ0) is 12.4. The fraction of sp³-hybridized carbons (Fsp3) is 0.667. The van der Waals surface area contributed by atoms with E-state index in [1.165, 1.54) is 0 Å². The second-order valence-electron chi connectivity index (χ2n) is 4.73. The van der Waals surface area contributed by atoms with Crippen molar-refractivity contribution in [2.45, 2.75) is 32.9 Å². The van der Waals surface area contributed by atoms with Gasteiger partial charge in [0.2, 0.25) is 11.8 Å². The van der Waals surface area contributed by atoms with E-state index in [4.69, 9.17) is 4.74 Å². The third-order valence-corrected chi connectivity index (χ3v) is 2.87. The van der Waals surface area contributed by atoms with Crippen molar-refractivity contribution < 1.29 is 4.74 Å². The minimum absolute atomic E-state index is 0.453. The number of nitrogens with zero attached hydrogens (tertiary/aromatic N) is 3. The summed E-state index contributed by atoms with van der Waals surface area (Å²) in [7, 11) is 1.63. The molecule has 0 bridgehead atoms. The Labute approximate surface area is 102 Å². The fourth-order valence-corrected chi connectivity index (χ4v) is 2.26. The molecule has 2 rings (SSSR count). The summed E-state index contributed by atoms with van der Waals surface area (Å²) in [5.74, 6) is 1.40. The monoisotopic (exact) mass is 236 g/mol. The van der Waals surface area contributed by atoms with Crippen LogP contribution in [0.5, 0.6) is 5.88 Å². The number of nitrogens with one attached hydrogen (secondary N) is 1. The van der Waals surface area contributed by atoms with Crippen molar-refractivity contribution in [2.75, 3.05) is 25.1 Å². The van der Waals surface area contributed by atoms with Gasteiger partial charge in [-0.2, -0.15) is 4.98 Å². The first-order valence-electron chi connectivity index (χ1n) is 5.99. The molecule has 94 valence electrons. The molecular formula is C12H20N4O. The number of piperazine rings is 1. The number of aromatic nitrogens is 2. The molecule has 5 heteroatoms. The number of ether oxygens (including phenoxy) is 1. The van der Waals surface area contributed by atoms with Crippen LogP contribution in [0.1, 0.15) is 19.5 Å². The van der Waals surface area contributed by atoms with Crippen LogP contribution in [0, 0.1) is 6.92 Å². The van der Waals surface area contributed by atoms with Crippen LogP contribution >= 0.6 is 0 Å². The summed E-state index contributed by atoms with van der Waals surface area (Å²) >= 11 is 0. The lowest BCUT2D eigenvalue weighted by Crippen LogP contribution is -2.54. The van der Waals surface area contributed by atoms with Crippen LogP contribution < -0.4 is 15.0 Å². The van der Waals surface area contributed by atoms with Gasteiger partial charge in [-0.1, -0.05) is 0 Å². The molecule has 1 aromatic heterocycles. The van der Waals surface area contributed by atoms with E-state index >= 15 is 0 Å². The molecule has 1 aliphatic heterocycles. The molecule has 0 aliphatic carbocycles. The highest BCUT2D eigenvalue weighted by Gasteiger charge is 2.23. The Morgan fingerprint density at radius 1 is 1.29 bits per heavy atom. The SMILES string of the molecule is COc1cc(C)nc(N2CC(C)NC(C)C2)n1. The molecule has 1 aromatic rings. The first-order chi connectivity index (χ1) is 8.08. The highest BCUT2D eigenvalue weighted by Crippen LogP contribution is 2.17. The zero-order valence-corrected chi connectivity index (χ0v) is 10.9. The maximum absolute atomic E-state index is 5.19. The molecule has 2 unspecified atom stereocenters. The summed E-state index contributed by atoms with van der Waals surface area (Å²) in [6.07, 6.45) is 0. The fourth-order valence-electron chi connectivity index (χ4n) is 2.26. The molecule has 2 atom stereocenters. The molecule has 0 aromatic carbocycles. The quantitative estimate of drug-likeness (QED) is 0.829. The summed E-state index contributed by atoms with van der Waals surface area (Å²) in [6.45, 7) is 8.17. The van der Waals surface area contributed by atoms with Crippen LogP contribution in [-0.2, 0) is 0 Å². The molecule has 0 radical (unpaired) electrons. The number of hydrogen-bond donors (Lipinski definition) is 1. The van der Waals surface area contributed by atoms with Gasteiger partial charge in [0.05, 0.1) is 7.11 Å². The third-order valence-electron chi connectivity index (χ3n) is 2.87. The number of aryl methyl sites for hydroxylation is 1. The van der Waals surface area contributed by atoms with Gasteiger partial charge in [0.25, 0.3) is 0 Å². The van der Waals surface area contributed by atoms with E-state index in [0.717, 1.165) is 24.7 Å². The largest absolute Gasteiger partial charge is 0.481 e. The lowest BCUT2D eigenvalue weighted by molar-refractivity contribution is 0.386. The predicted molar refractivity (Wildman–Crippen MR) is 67.6 cm³/mol. The van der Waals surface area contributed by atoms with Crippen molar-refractivity contribution in [2.24, 2.45) is 0 Å². The second kappa shape index (κ2) is 4.87. The Balaban J connectivity index is 2.23. The lowest BCUT2D eigenvalue weighted by Gasteiger charge is -2.36. The van der Waals surface area contributed by atoms with E-state index in [1.54, 1.807) is 7.11 Å². The average molecular weight is 236 g/mol. The van der Waals surface area contributed by atoms with Gasteiger partial charge in [0.15, 0.2) is 0 Å². The highest BCUT2D eigenvalue weighted by atomic mass is 16.5. The van der Waals surface area contributed by atoms with Crippen molar-refractivity contribution in [1.82, 2.24) is 15.3 Å². The molecule has 17 heavy (non-hydrogen) atoms. The molecule has 2 heterocycles. The Morgan fingerprint density at radius 3 is 2.53 bits per heavy atom. The van der Waals surface area contributed by atoms with Crippen molar-refractivity contribution >= 4 is 5.95 Å². The van der Waals surface area contributed by atoms with Gasteiger partial charge >= 0.3 is 0 Å².